The zero-order valence-electron chi connectivity index (χ0n) is 13.1. The molecule has 0 aliphatic carbocycles. The summed E-state index contributed by atoms with van der Waals surface area (Å²) in [5.74, 6) is 1.76. The largest absolute Gasteiger partial charge is 0.356 e. The Morgan fingerprint density at radius 2 is 2.14 bits per heavy atom. The molecule has 0 amide bonds. The van der Waals surface area contributed by atoms with E-state index in [0.717, 1.165) is 63.5 Å². The lowest BCUT2D eigenvalue weighted by atomic mass is 10.2. The minimum atomic E-state index is 0.0400. The lowest BCUT2D eigenvalue weighted by molar-refractivity contribution is 0.509. The standard InChI is InChI=1S/C14H26N6O/c1-3-8-16-13(15-2)17-9-6-11-20-14(21)19-10-5-4-7-12(19)18-20/h3-11H2,1-2H3,(H2,15,16,17). The third kappa shape index (κ3) is 4.09. The van der Waals surface area contributed by atoms with Crippen molar-refractivity contribution in [3.8, 4) is 0 Å². The van der Waals surface area contributed by atoms with E-state index in [1.54, 1.807) is 11.7 Å². The van der Waals surface area contributed by atoms with E-state index in [1.807, 2.05) is 4.57 Å². The van der Waals surface area contributed by atoms with E-state index in [0.29, 0.717) is 6.54 Å². The molecular weight excluding hydrogens is 268 g/mol. The van der Waals surface area contributed by atoms with Gasteiger partial charge in [-0.3, -0.25) is 9.56 Å². The fourth-order valence-electron chi connectivity index (χ4n) is 2.49. The molecule has 0 bridgehead atoms. The van der Waals surface area contributed by atoms with Gasteiger partial charge in [0.15, 0.2) is 5.96 Å². The molecular formula is C14H26N6O. The van der Waals surface area contributed by atoms with Crippen LogP contribution in [0.2, 0.25) is 0 Å². The Morgan fingerprint density at radius 1 is 1.33 bits per heavy atom. The molecule has 0 unspecified atom stereocenters. The van der Waals surface area contributed by atoms with E-state index in [9.17, 15) is 4.79 Å². The number of guanidine groups is 1. The summed E-state index contributed by atoms with van der Waals surface area (Å²) in [6.45, 7) is 5.27. The van der Waals surface area contributed by atoms with Crippen LogP contribution in [0.4, 0.5) is 0 Å². The highest BCUT2D eigenvalue weighted by molar-refractivity contribution is 5.79. The van der Waals surface area contributed by atoms with Gasteiger partial charge in [0, 0.05) is 39.6 Å². The van der Waals surface area contributed by atoms with Crippen LogP contribution in [0, 0.1) is 0 Å². The molecule has 0 radical (unpaired) electrons. The molecule has 1 aromatic heterocycles. The molecule has 7 nitrogen and oxygen atoms in total. The van der Waals surface area contributed by atoms with Gasteiger partial charge in [-0.1, -0.05) is 6.92 Å². The normalized spacial score (nSPS) is 14.9. The highest BCUT2D eigenvalue weighted by Gasteiger charge is 2.15. The topological polar surface area (TPSA) is 76.2 Å². The van der Waals surface area contributed by atoms with Crippen molar-refractivity contribution in [1.29, 1.82) is 0 Å². The molecule has 0 atom stereocenters. The van der Waals surface area contributed by atoms with Gasteiger partial charge in [-0.15, -0.1) is 0 Å². The van der Waals surface area contributed by atoms with Crippen LogP contribution in [0.25, 0.3) is 0 Å². The molecule has 1 aliphatic rings. The zero-order chi connectivity index (χ0) is 15.1. The van der Waals surface area contributed by atoms with Gasteiger partial charge in [-0.25, -0.2) is 9.48 Å². The Morgan fingerprint density at radius 3 is 2.86 bits per heavy atom. The van der Waals surface area contributed by atoms with Crippen molar-refractivity contribution in [1.82, 2.24) is 25.0 Å². The average Bonchev–Trinajstić information content (AvgIpc) is 2.83. The minimum absolute atomic E-state index is 0.0400. The van der Waals surface area contributed by atoms with Gasteiger partial charge in [0.1, 0.15) is 5.82 Å². The van der Waals surface area contributed by atoms with Crippen LogP contribution in [0.3, 0.4) is 0 Å². The molecule has 118 valence electrons. The molecule has 2 rings (SSSR count). The quantitative estimate of drug-likeness (QED) is 0.451. The minimum Gasteiger partial charge on any atom is -0.356 e. The van der Waals surface area contributed by atoms with Crippen LogP contribution in [-0.4, -0.2) is 40.4 Å². The Kier molecular flexibility index (Phi) is 5.83. The first-order valence-corrected chi connectivity index (χ1v) is 7.87. The molecule has 1 aromatic rings. The molecule has 1 aliphatic heterocycles. The van der Waals surface area contributed by atoms with Crippen LogP contribution in [0.15, 0.2) is 9.79 Å². The first-order chi connectivity index (χ1) is 10.3. The summed E-state index contributed by atoms with van der Waals surface area (Å²) in [6, 6.07) is 0. The van der Waals surface area contributed by atoms with Crippen molar-refractivity contribution in [3.05, 3.63) is 16.3 Å². The molecule has 0 spiro atoms. The summed E-state index contributed by atoms with van der Waals surface area (Å²) < 4.78 is 3.42. The van der Waals surface area contributed by atoms with E-state index in [2.05, 4.69) is 27.6 Å². The zero-order valence-corrected chi connectivity index (χ0v) is 13.1. The third-order valence-electron chi connectivity index (χ3n) is 3.64. The van der Waals surface area contributed by atoms with Crippen molar-refractivity contribution in [3.63, 3.8) is 0 Å². The molecule has 0 fully saturated rings. The van der Waals surface area contributed by atoms with E-state index < -0.39 is 0 Å². The van der Waals surface area contributed by atoms with Gasteiger partial charge in [0.25, 0.3) is 0 Å². The van der Waals surface area contributed by atoms with Crippen LogP contribution in [0.1, 0.15) is 38.4 Å². The van der Waals surface area contributed by atoms with E-state index in [4.69, 9.17) is 0 Å². The maximum atomic E-state index is 12.1. The van der Waals surface area contributed by atoms with Gasteiger partial charge in [0.2, 0.25) is 0 Å². The summed E-state index contributed by atoms with van der Waals surface area (Å²) in [6.07, 6.45) is 5.06. The second-order valence-corrected chi connectivity index (χ2v) is 5.31. The molecule has 0 saturated heterocycles. The maximum Gasteiger partial charge on any atom is 0.345 e. The second kappa shape index (κ2) is 7.85. The van der Waals surface area contributed by atoms with Gasteiger partial charge >= 0.3 is 5.69 Å². The Labute approximate surface area is 125 Å². The third-order valence-corrected chi connectivity index (χ3v) is 3.64. The predicted molar refractivity (Wildman–Crippen MR) is 83.7 cm³/mol. The summed E-state index contributed by atoms with van der Waals surface area (Å²) in [5, 5.41) is 10.9. The second-order valence-electron chi connectivity index (χ2n) is 5.31. The van der Waals surface area contributed by atoms with E-state index in [-0.39, 0.29) is 5.69 Å². The van der Waals surface area contributed by atoms with Gasteiger partial charge < -0.3 is 10.6 Å². The Balaban J connectivity index is 1.79. The summed E-state index contributed by atoms with van der Waals surface area (Å²) in [7, 11) is 1.76. The SMILES string of the molecule is CCCNC(=NC)NCCCn1nc2n(c1=O)CCCC2. The predicted octanol–water partition coefficient (Wildman–Crippen LogP) is 0.346. The molecule has 2 N–H and O–H groups in total. The summed E-state index contributed by atoms with van der Waals surface area (Å²) >= 11 is 0. The molecule has 7 heteroatoms. The highest BCUT2D eigenvalue weighted by Crippen LogP contribution is 2.09. The Bertz CT molecular complexity index is 530. The summed E-state index contributed by atoms with van der Waals surface area (Å²) in [5.41, 5.74) is 0.0400. The molecule has 0 aromatic carbocycles. The Hall–Kier alpha value is -1.79. The number of hydrogen-bond donors (Lipinski definition) is 2. The van der Waals surface area contributed by atoms with Gasteiger partial charge in [-0.05, 0) is 25.7 Å². The first-order valence-electron chi connectivity index (χ1n) is 7.87. The number of hydrogen-bond acceptors (Lipinski definition) is 3. The monoisotopic (exact) mass is 294 g/mol. The number of nitrogens with one attached hydrogen (secondary N) is 2. The highest BCUT2D eigenvalue weighted by atomic mass is 16.2. The first kappa shape index (κ1) is 15.6. The van der Waals surface area contributed by atoms with Gasteiger partial charge in [0.05, 0.1) is 0 Å². The summed E-state index contributed by atoms with van der Waals surface area (Å²) in [4.78, 5) is 16.3. The fourth-order valence-corrected chi connectivity index (χ4v) is 2.49. The van der Waals surface area contributed by atoms with Crippen LogP contribution in [0.5, 0.6) is 0 Å². The van der Waals surface area contributed by atoms with Gasteiger partial charge in [-0.2, -0.15) is 5.10 Å². The van der Waals surface area contributed by atoms with Crippen LogP contribution >= 0.6 is 0 Å². The van der Waals surface area contributed by atoms with E-state index in [1.165, 1.54) is 0 Å². The molecule has 0 saturated carbocycles. The van der Waals surface area contributed by atoms with Crippen LogP contribution < -0.4 is 16.3 Å². The number of aromatic nitrogens is 3. The lowest BCUT2D eigenvalue weighted by Gasteiger charge is -2.10. The average molecular weight is 294 g/mol. The number of rotatable bonds is 6. The number of aryl methyl sites for hydroxylation is 2. The van der Waals surface area contributed by atoms with Crippen molar-refractivity contribution in [2.75, 3.05) is 20.1 Å². The van der Waals surface area contributed by atoms with Crippen molar-refractivity contribution in [2.45, 2.75) is 52.1 Å². The number of fused-ring (bicyclic) bond motifs is 1. The maximum absolute atomic E-state index is 12.1. The smallest absolute Gasteiger partial charge is 0.345 e. The van der Waals surface area contributed by atoms with Crippen LogP contribution in [-0.2, 0) is 19.5 Å². The number of aliphatic imine (C=N–C) groups is 1. The lowest BCUT2D eigenvalue weighted by Crippen LogP contribution is -2.38. The molecule has 2 heterocycles. The van der Waals surface area contributed by atoms with E-state index >= 15 is 0 Å². The van der Waals surface area contributed by atoms with Crippen molar-refractivity contribution >= 4 is 5.96 Å². The van der Waals surface area contributed by atoms with Crippen molar-refractivity contribution < 1.29 is 0 Å². The fraction of sp³-hybridized carbons (Fsp3) is 0.786. The molecule has 21 heavy (non-hydrogen) atoms. The van der Waals surface area contributed by atoms with Crippen molar-refractivity contribution in [2.24, 2.45) is 4.99 Å². The number of nitrogens with zero attached hydrogens (tertiary/aromatic N) is 4.